The summed E-state index contributed by atoms with van der Waals surface area (Å²) in [6.07, 6.45) is 4.36. The Morgan fingerprint density at radius 2 is 1.44 bits per heavy atom. The molecule has 0 atom stereocenters. The van der Waals surface area contributed by atoms with E-state index in [4.69, 9.17) is 19.8 Å². The molecule has 2 fully saturated rings. The molecular weight excluding hydrogens is 408 g/mol. The molecule has 172 valence electrons. The van der Waals surface area contributed by atoms with Crippen LogP contribution in [0.3, 0.4) is 0 Å². The molecule has 0 saturated carbocycles. The van der Waals surface area contributed by atoms with Gasteiger partial charge < -0.3 is 15.1 Å². The van der Waals surface area contributed by atoms with Gasteiger partial charge in [-0.15, -0.1) is 0 Å². The largest absolute Gasteiger partial charge is 0.473 e. The lowest BCUT2D eigenvalue weighted by atomic mass is 9.92. The fourth-order valence-corrected chi connectivity index (χ4v) is 4.50. The normalized spacial score (nSPS) is 18.1. The summed E-state index contributed by atoms with van der Waals surface area (Å²) in [4.78, 5) is 35.7. The third-order valence-electron chi connectivity index (χ3n) is 6.49. The van der Waals surface area contributed by atoms with Crippen molar-refractivity contribution in [2.24, 2.45) is 11.8 Å². The second kappa shape index (κ2) is 11.1. The monoisotopic (exact) mass is 440 g/mol. The first-order chi connectivity index (χ1) is 15.3. The molecule has 2 saturated heterocycles. The highest BCUT2D eigenvalue weighted by atomic mass is 16.4. The second-order valence-corrected chi connectivity index (χ2v) is 8.81. The van der Waals surface area contributed by atoms with Gasteiger partial charge in [-0.1, -0.05) is 49.4 Å². The van der Waals surface area contributed by atoms with Gasteiger partial charge in [0.1, 0.15) is 0 Å². The number of likely N-dealkylation sites (tertiary alicyclic amines) is 2. The number of hydrogen-bond donors (Lipinski definition) is 2. The summed E-state index contributed by atoms with van der Waals surface area (Å²) in [5.74, 6) is -2.21. The van der Waals surface area contributed by atoms with Crippen LogP contribution in [0.2, 0.25) is 0 Å². The number of hydrogen-bond acceptors (Lipinski definition) is 4. The minimum absolute atomic E-state index is 0.243. The van der Waals surface area contributed by atoms with E-state index in [2.05, 4.69) is 59.2 Å². The number of amides is 1. The summed E-state index contributed by atoms with van der Waals surface area (Å²) >= 11 is 0. The lowest BCUT2D eigenvalue weighted by Gasteiger charge is -2.36. The van der Waals surface area contributed by atoms with E-state index in [1.54, 1.807) is 0 Å². The van der Waals surface area contributed by atoms with Crippen LogP contribution in [0.15, 0.2) is 42.5 Å². The van der Waals surface area contributed by atoms with E-state index in [1.165, 1.54) is 29.2 Å². The molecule has 0 aliphatic carbocycles. The van der Waals surface area contributed by atoms with E-state index in [9.17, 15) is 4.79 Å². The summed E-state index contributed by atoms with van der Waals surface area (Å²) in [5, 5.41) is 17.5. The van der Waals surface area contributed by atoms with Gasteiger partial charge in [-0.3, -0.25) is 9.69 Å². The maximum absolute atomic E-state index is 12.8. The van der Waals surface area contributed by atoms with E-state index < -0.39 is 11.9 Å². The van der Waals surface area contributed by atoms with Crippen molar-refractivity contribution in [3.05, 3.63) is 48.0 Å². The van der Waals surface area contributed by atoms with Crippen LogP contribution in [-0.4, -0.2) is 64.0 Å². The number of piperidine rings is 2. The van der Waals surface area contributed by atoms with Gasteiger partial charge in [0, 0.05) is 25.6 Å². The molecule has 2 aromatic rings. The number of carboxylic acids is 2. The number of aliphatic carboxylic acids is 2. The SMILES string of the molecule is CC1CCN(C(=O)C2CCN(Cc3cccc4ccccc34)CC2)CC1.O=C(O)C(=O)O. The highest BCUT2D eigenvalue weighted by molar-refractivity contribution is 6.27. The highest BCUT2D eigenvalue weighted by Crippen LogP contribution is 2.26. The van der Waals surface area contributed by atoms with Crippen molar-refractivity contribution < 1.29 is 24.6 Å². The zero-order valence-electron chi connectivity index (χ0n) is 18.6. The Hall–Kier alpha value is -2.93. The van der Waals surface area contributed by atoms with E-state index in [0.717, 1.165) is 51.5 Å². The molecule has 4 rings (SSSR count). The third-order valence-corrected chi connectivity index (χ3v) is 6.49. The number of carbonyl (C=O) groups is 3. The fraction of sp³-hybridized carbons (Fsp3) is 0.480. The highest BCUT2D eigenvalue weighted by Gasteiger charge is 2.30. The Balaban J connectivity index is 0.000000427. The summed E-state index contributed by atoms with van der Waals surface area (Å²) in [6.45, 7) is 7.29. The summed E-state index contributed by atoms with van der Waals surface area (Å²) in [7, 11) is 0. The molecule has 0 bridgehead atoms. The smallest absolute Gasteiger partial charge is 0.414 e. The van der Waals surface area contributed by atoms with Gasteiger partial charge in [0.15, 0.2) is 0 Å². The first kappa shape index (κ1) is 23.7. The van der Waals surface area contributed by atoms with Crippen LogP contribution in [0.4, 0.5) is 0 Å². The maximum Gasteiger partial charge on any atom is 0.414 e. The van der Waals surface area contributed by atoms with Crippen molar-refractivity contribution >= 4 is 28.6 Å². The van der Waals surface area contributed by atoms with Crippen LogP contribution in [-0.2, 0) is 20.9 Å². The van der Waals surface area contributed by atoms with Crippen molar-refractivity contribution in [1.82, 2.24) is 9.80 Å². The molecular formula is C25H32N2O5. The van der Waals surface area contributed by atoms with Crippen molar-refractivity contribution in [3.8, 4) is 0 Å². The lowest BCUT2D eigenvalue weighted by molar-refractivity contribution is -0.159. The van der Waals surface area contributed by atoms with Gasteiger partial charge in [0.2, 0.25) is 5.91 Å². The molecule has 0 aromatic heterocycles. The number of carbonyl (C=O) groups excluding carboxylic acids is 1. The maximum atomic E-state index is 12.8. The topological polar surface area (TPSA) is 98.2 Å². The minimum Gasteiger partial charge on any atom is -0.473 e. The molecule has 7 heteroatoms. The zero-order chi connectivity index (χ0) is 23.1. The van der Waals surface area contributed by atoms with Crippen LogP contribution >= 0.6 is 0 Å². The predicted octanol–water partition coefficient (Wildman–Crippen LogP) is 3.47. The van der Waals surface area contributed by atoms with E-state index in [0.29, 0.717) is 5.91 Å². The Bertz CT molecular complexity index is 927. The molecule has 2 aromatic carbocycles. The van der Waals surface area contributed by atoms with E-state index in [-0.39, 0.29) is 5.92 Å². The first-order valence-corrected chi connectivity index (χ1v) is 11.3. The molecule has 7 nitrogen and oxygen atoms in total. The van der Waals surface area contributed by atoms with Gasteiger partial charge >= 0.3 is 11.9 Å². The summed E-state index contributed by atoms with van der Waals surface area (Å²) in [6, 6.07) is 15.2. The number of benzene rings is 2. The Morgan fingerprint density at radius 3 is 2.06 bits per heavy atom. The van der Waals surface area contributed by atoms with Gasteiger partial charge in [-0.25, -0.2) is 9.59 Å². The molecule has 2 aliphatic rings. The first-order valence-electron chi connectivity index (χ1n) is 11.3. The Kier molecular flexibility index (Phi) is 8.22. The molecule has 2 N–H and O–H groups in total. The average Bonchev–Trinajstić information content (AvgIpc) is 2.80. The van der Waals surface area contributed by atoms with Crippen molar-refractivity contribution in [1.29, 1.82) is 0 Å². The second-order valence-electron chi connectivity index (χ2n) is 8.81. The quantitative estimate of drug-likeness (QED) is 0.710. The fourth-order valence-electron chi connectivity index (χ4n) is 4.50. The minimum atomic E-state index is -1.82. The predicted molar refractivity (Wildman–Crippen MR) is 122 cm³/mol. The van der Waals surface area contributed by atoms with Crippen LogP contribution in [0.5, 0.6) is 0 Å². The average molecular weight is 441 g/mol. The molecule has 2 aliphatic heterocycles. The summed E-state index contributed by atoms with van der Waals surface area (Å²) in [5.41, 5.74) is 1.40. The van der Waals surface area contributed by atoms with Gasteiger partial charge in [-0.2, -0.15) is 0 Å². The number of fused-ring (bicyclic) bond motifs is 1. The lowest BCUT2D eigenvalue weighted by Crippen LogP contribution is -2.45. The zero-order valence-corrected chi connectivity index (χ0v) is 18.6. The number of nitrogens with zero attached hydrogens (tertiary/aromatic N) is 2. The van der Waals surface area contributed by atoms with Crippen molar-refractivity contribution in [2.75, 3.05) is 26.2 Å². The molecule has 2 heterocycles. The molecule has 0 unspecified atom stereocenters. The summed E-state index contributed by atoms with van der Waals surface area (Å²) < 4.78 is 0. The van der Waals surface area contributed by atoms with Gasteiger partial charge in [-0.05, 0) is 61.0 Å². The van der Waals surface area contributed by atoms with Crippen LogP contribution in [0.1, 0.15) is 38.2 Å². The standard InChI is InChI=1S/C23H30N2O.C2H2O4/c1-18-9-15-25(16-10-18)23(26)20-11-13-24(14-12-20)17-21-7-4-6-19-5-2-3-8-22(19)21;3-1(4)2(5)6/h2-8,18,20H,9-17H2,1H3;(H,3,4)(H,5,6). The van der Waals surface area contributed by atoms with Crippen LogP contribution in [0.25, 0.3) is 10.8 Å². The van der Waals surface area contributed by atoms with Crippen molar-refractivity contribution in [3.63, 3.8) is 0 Å². The third kappa shape index (κ3) is 6.29. The molecule has 0 spiro atoms. The van der Waals surface area contributed by atoms with Gasteiger partial charge in [0.25, 0.3) is 0 Å². The Morgan fingerprint density at radius 1 is 0.844 bits per heavy atom. The van der Waals surface area contributed by atoms with Crippen LogP contribution < -0.4 is 0 Å². The molecule has 32 heavy (non-hydrogen) atoms. The van der Waals surface area contributed by atoms with Gasteiger partial charge in [0.05, 0.1) is 0 Å². The van der Waals surface area contributed by atoms with Crippen LogP contribution in [0, 0.1) is 11.8 Å². The van der Waals surface area contributed by atoms with Crippen molar-refractivity contribution in [2.45, 2.75) is 39.2 Å². The number of carboxylic acid groups (broad SMARTS) is 2. The Labute approximate surface area is 188 Å². The van der Waals surface area contributed by atoms with E-state index >= 15 is 0 Å². The molecule has 0 radical (unpaired) electrons. The van der Waals surface area contributed by atoms with E-state index in [1.807, 2.05) is 0 Å². The number of rotatable bonds is 3. The molecule has 1 amide bonds.